The second kappa shape index (κ2) is 6.22. The number of rotatable bonds is 6. The zero-order valence-corrected chi connectivity index (χ0v) is 10.1. The van der Waals surface area contributed by atoms with E-state index in [4.69, 9.17) is 5.73 Å². The normalized spacial score (nSPS) is 10.1. The standard InChI is InChI=1S/C10H16N4OS/c1-3-5-16-6-4-12-10(15)8-7-13-14(2)9(8)11/h3,7H,1,4-6,11H2,2H3,(H,12,15). The Balaban J connectivity index is 2.35. The number of hydrogen-bond acceptors (Lipinski definition) is 4. The maximum Gasteiger partial charge on any atom is 0.256 e. The Hall–Kier alpha value is -1.43. The van der Waals surface area contributed by atoms with Crippen molar-refractivity contribution >= 4 is 23.5 Å². The highest BCUT2D eigenvalue weighted by molar-refractivity contribution is 7.99. The largest absolute Gasteiger partial charge is 0.383 e. The third-order valence-corrected chi connectivity index (χ3v) is 2.96. The van der Waals surface area contributed by atoms with Gasteiger partial charge in [0.15, 0.2) is 0 Å². The lowest BCUT2D eigenvalue weighted by Crippen LogP contribution is -2.26. The number of thioether (sulfide) groups is 1. The zero-order valence-electron chi connectivity index (χ0n) is 9.27. The highest BCUT2D eigenvalue weighted by Crippen LogP contribution is 2.08. The molecule has 1 heterocycles. The van der Waals surface area contributed by atoms with Crippen molar-refractivity contribution in [2.45, 2.75) is 0 Å². The van der Waals surface area contributed by atoms with Gasteiger partial charge < -0.3 is 11.1 Å². The lowest BCUT2D eigenvalue weighted by atomic mass is 10.3. The second-order valence-electron chi connectivity index (χ2n) is 3.19. The number of nitrogens with one attached hydrogen (secondary N) is 1. The minimum absolute atomic E-state index is 0.176. The Kier molecular flexibility index (Phi) is 4.91. The molecule has 3 N–H and O–H groups in total. The van der Waals surface area contributed by atoms with Crippen molar-refractivity contribution in [2.75, 3.05) is 23.8 Å². The molecule has 0 fully saturated rings. The van der Waals surface area contributed by atoms with Gasteiger partial charge in [-0.15, -0.1) is 6.58 Å². The van der Waals surface area contributed by atoms with E-state index in [1.165, 1.54) is 10.9 Å². The van der Waals surface area contributed by atoms with Gasteiger partial charge in [-0.3, -0.25) is 9.48 Å². The average molecular weight is 240 g/mol. The molecule has 0 spiro atoms. The Morgan fingerprint density at radius 2 is 2.56 bits per heavy atom. The summed E-state index contributed by atoms with van der Waals surface area (Å²) in [5.74, 6) is 1.96. The summed E-state index contributed by atoms with van der Waals surface area (Å²) in [6, 6.07) is 0. The van der Waals surface area contributed by atoms with E-state index in [-0.39, 0.29) is 5.91 Å². The van der Waals surface area contributed by atoms with Crippen molar-refractivity contribution in [3.63, 3.8) is 0 Å². The molecule has 0 bridgehead atoms. The number of hydrogen-bond donors (Lipinski definition) is 2. The zero-order chi connectivity index (χ0) is 12.0. The molecule has 1 amide bonds. The topological polar surface area (TPSA) is 72.9 Å². The maximum absolute atomic E-state index is 11.6. The fourth-order valence-electron chi connectivity index (χ4n) is 1.12. The Morgan fingerprint density at radius 3 is 3.12 bits per heavy atom. The highest BCUT2D eigenvalue weighted by atomic mass is 32.2. The molecule has 1 aromatic rings. The third-order valence-electron chi connectivity index (χ3n) is 2.00. The molecule has 0 saturated carbocycles. The summed E-state index contributed by atoms with van der Waals surface area (Å²) < 4.78 is 1.47. The summed E-state index contributed by atoms with van der Waals surface area (Å²) in [7, 11) is 1.70. The van der Waals surface area contributed by atoms with E-state index in [9.17, 15) is 4.79 Å². The molecule has 16 heavy (non-hydrogen) atoms. The van der Waals surface area contributed by atoms with Gasteiger partial charge in [-0.1, -0.05) is 6.08 Å². The molecule has 0 radical (unpaired) electrons. The molecule has 0 aliphatic heterocycles. The van der Waals surface area contributed by atoms with Crippen LogP contribution < -0.4 is 11.1 Å². The molecule has 0 aliphatic rings. The molecule has 6 heteroatoms. The predicted octanol–water partition coefficient (Wildman–Crippen LogP) is 0.651. The van der Waals surface area contributed by atoms with E-state index in [0.29, 0.717) is 17.9 Å². The van der Waals surface area contributed by atoms with Crippen molar-refractivity contribution < 1.29 is 4.79 Å². The molecule has 0 aliphatic carbocycles. The van der Waals surface area contributed by atoms with Gasteiger partial charge in [-0.2, -0.15) is 16.9 Å². The Labute approximate surface area is 99.1 Å². The first-order valence-electron chi connectivity index (χ1n) is 4.91. The van der Waals surface area contributed by atoms with Crippen molar-refractivity contribution in [3.8, 4) is 0 Å². The van der Waals surface area contributed by atoms with Crippen LogP contribution in [0.1, 0.15) is 10.4 Å². The van der Waals surface area contributed by atoms with Crippen LogP contribution >= 0.6 is 11.8 Å². The number of amides is 1. The number of carbonyl (C=O) groups excluding carboxylic acids is 1. The predicted molar refractivity (Wildman–Crippen MR) is 67.5 cm³/mol. The van der Waals surface area contributed by atoms with E-state index in [1.807, 2.05) is 6.08 Å². The summed E-state index contributed by atoms with van der Waals surface area (Å²) in [5, 5.41) is 6.69. The van der Waals surface area contributed by atoms with Gasteiger partial charge in [0.25, 0.3) is 5.91 Å². The van der Waals surface area contributed by atoms with E-state index < -0.39 is 0 Å². The van der Waals surface area contributed by atoms with Crippen LogP contribution in [0.4, 0.5) is 5.82 Å². The number of aromatic nitrogens is 2. The number of nitrogen functional groups attached to an aromatic ring is 1. The van der Waals surface area contributed by atoms with Crippen LogP contribution in [0, 0.1) is 0 Å². The molecule has 88 valence electrons. The van der Waals surface area contributed by atoms with Crippen molar-refractivity contribution in [2.24, 2.45) is 7.05 Å². The minimum Gasteiger partial charge on any atom is -0.383 e. The van der Waals surface area contributed by atoms with Crippen LogP contribution in [0.25, 0.3) is 0 Å². The molecule has 0 atom stereocenters. The molecule has 1 rings (SSSR count). The minimum atomic E-state index is -0.176. The van der Waals surface area contributed by atoms with Crippen molar-refractivity contribution in [1.29, 1.82) is 0 Å². The third kappa shape index (κ3) is 3.30. The van der Waals surface area contributed by atoms with Crippen molar-refractivity contribution in [3.05, 3.63) is 24.4 Å². The van der Waals surface area contributed by atoms with Gasteiger partial charge in [-0.05, 0) is 0 Å². The molecule has 0 saturated heterocycles. The van der Waals surface area contributed by atoms with Crippen LogP contribution in [0.15, 0.2) is 18.9 Å². The molecular formula is C10H16N4OS. The SMILES string of the molecule is C=CCSCCNC(=O)c1cnn(C)c1N. The molecular weight excluding hydrogens is 224 g/mol. The fraction of sp³-hybridized carbons (Fsp3) is 0.400. The quantitative estimate of drug-likeness (QED) is 0.565. The highest BCUT2D eigenvalue weighted by Gasteiger charge is 2.12. The van der Waals surface area contributed by atoms with Crippen LogP contribution in [0.5, 0.6) is 0 Å². The second-order valence-corrected chi connectivity index (χ2v) is 4.34. The van der Waals surface area contributed by atoms with Gasteiger partial charge in [0.2, 0.25) is 0 Å². The fourth-order valence-corrected chi connectivity index (χ4v) is 1.70. The summed E-state index contributed by atoms with van der Waals surface area (Å²) in [5.41, 5.74) is 6.10. The Morgan fingerprint density at radius 1 is 1.81 bits per heavy atom. The number of aryl methyl sites for hydroxylation is 1. The van der Waals surface area contributed by atoms with Gasteiger partial charge in [-0.25, -0.2) is 0 Å². The van der Waals surface area contributed by atoms with E-state index in [2.05, 4.69) is 17.0 Å². The average Bonchev–Trinajstić information content (AvgIpc) is 2.59. The first-order valence-corrected chi connectivity index (χ1v) is 6.06. The van der Waals surface area contributed by atoms with Crippen LogP contribution in [-0.2, 0) is 7.05 Å². The van der Waals surface area contributed by atoms with Crippen LogP contribution in [-0.4, -0.2) is 33.7 Å². The number of anilines is 1. The van der Waals surface area contributed by atoms with Gasteiger partial charge in [0.05, 0.1) is 6.20 Å². The summed E-state index contributed by atoms with van der Waals surface area (Å²) in [4.78, 5) is 11.6. The maximum atomic E-state index is 11.6. The summed E-state index contributed by atoms with van der Waals surface area (Å²) in [6.45, 7) is 4.24. The van der Waals surface area contributed by atoms with E-state index in [0.717, 1.165) is 11.5 Å². The lowest BCUT2D eigenvalue weighted by molar-refractivity contribution is 0.0957. The molecule has 0 aromatic carbocycles. The number of nitrogens with zero attached hydrogens (tertiary/aromatic N) is 2. The molecule has 0 unspecified atom stereocenters. The summed E-state index contributed by atoms with van der Waals surface area (Å²) in [6.07, 6.45) is 3.31. The van der Waals surface area contributed by atoms with E-state index in [1.54, 1.807) is 18.8 Å². The first kappa shape index (κ1) is 12.6. The number of carbonyl (C=O) groups is 1. The number of nitrogens with two attached hydrogens (primary N) is 1. The van der Waals surface area contributed by atoms with Gasteiger partial charge in [0, 0.05) is 25.1 Å². The lowest BCUT2D eigenvalue weighted by Gasteiger charge is -2.03. The van der Waals surface area contributed by atoms with Crippen LogP contribution in [0.2, 0.25) is 0 Å². The molecule has 1 aromatic heterocycles. The monoisotopic (exact) mass is 240 g/mol. The van der Waals surface area contributed by atoms with Gasteiger partial charge in [0.1, 0.15) is 11.4 Å². The molecule has 5 nitrogen and oxygen atoms in total. The van der Waals surface area contributed by atoms with Crippen molar-refractivity contribution in [1.82, 2.24) is 15.1 Å². The van der Waals surface area contributed by atoms with Gasteiger partial charge >= 0.3 is 0 Å². The Bertz CT molecular complexity index is 375. The van der Waals surface area contributed by atoms with E-state index >= 15 is 0 Å². The van der Waals surface area contributed by atoms with Crippen LogP contribution in [0.3, 0.4) is 0 Å². The first-order chi connectivity index (χ1) is 7.66. The summed E-state index contributed by atoms with van der Waals surface area (Å²) >= 11 is 1.71. The smallest absolute Gasteiger partial charge is 0.256 e.